The average Bonchev–Trinajstić information content (AvgIpc) is 2.44. The van der Waals surface area contributed by atoms with Gasteiger partial charge in [-0.1, -0.05) is 5.16 Å². The summed E-state index contributed by atoms with van der Waals surface area (Å²) in [4.78, 5) is 11.5. The average molecular weight is 181 g/mol. The van der Waals surface area contributed by atoms with Gasteiger partial charge in [0.05, 0.1) is 5.92 Å². The second-order valence-corrected chi connectivity index (χ2v) is 3.38. The smallest absolute Gasteiger partial charge is 0.238 e. The Morgan fingerprint density at radius 2 is 2.31 bits per heavy atom. The monoisotopic (exact) mass is 181 g/mol. The third-order valence-corrected chi connectivity index (χ3v) is 2.54. The number of carbonyl (C=O) groups excluding carboxylic acids is 1. The van der Waals surface area contributed by atoms with Crippen LogP contribution in [0.2, 0.25) is 0 Å². The van der Waals surface area contributed by atoms with Gasteiger partial charge in [-0.2, -0.15) is 0 Å². The highest BCUT2D eigenvalue weighted by atomic mass is 16.5. The Morgan fingerprint density at radius 1 is 1.54 bits per heavy atom. The van der Waals surface area contributed by atoms with Crippen molar-refractivity contribution in [2.45, 2.75) is 26.2 Å². The van der Waals surface area contributed by atoms with E-state index >= 15 is 0 Å². The highest BCUT2D eigenvalue weighted by molar-refractivity contribution is 6.04. The molecule has 0 aromatic rings. The lowest BCUT2D eigenvalue weighted by Crippen LogP contribution is -2.15. The lowest BCUT2D eigenvalue weighted by Gasteiger charge is -2.11. The van der Waals surface area contributed by atoms with Gasteiger partial charge in [0.2, 0.25) is 5.90 Å². The van der Waals surface area contributed by atoms with Gasteiger partial charge in [0, 0.05) is 18.4 Å². The predicted molar refractivity (Wildman–Crippen MR) is 45.4 cm³/mol. The quantitative estimate of drug-likeness (QED) is 0.454. The standard InChI is InChI=1S/C9H11NO3/c1-5-8-6(11)3-2-4-7(8)13-9(5)10-12/h5,12H,2-4H2,1H3/b10-9+/t5-/m0/s1. The van der Waals surface area contributed by atoms with Crippen LogP contribution in [-0.2, 0) is 9.53 Å². The van der Waals surface area contributed by atoms with Crippen molar-refractivity contribution in [1.82, 2.24) is 0 Å². The van der Waals surface area contributed by atoms with Crippen molar-refractivity contribution < 1.29 is 14.7 Å². The molecule has 0 saturated heterocycles. The van der Waals surface area contributed by atoms with Crippen molar-refractivity contribution in [3.05, 3.63) is 11.3 Å². The van der Waals surface area contributed by atoms with Crippen LogP contribution in [0.25, 0.3) is 0 Å². The van der Waals surface area contributed by atoms with E-state index in [4.69, 9.17) is 9.94 Å². The first kappa shape index (κ1) is 8.29. The second-order valence-electron chi connectivity index (χ2n) is 3.38. The zero-order valence-corrected chi connectivity index (χ0v) is 7.41. The third kappa shape index (κ3) is 1.13. The summed E-state index contributed by atoms with van der Waals surface area (Å²) in [5, 5.41) is 11.6. The van der Waals surface area contributed by atoms with Crippen LogP contribution >= 0.6 is 0 Å². The molecular formula is C9H11NO3. The van der Waals surface area contributed by atoms with Gasteiger partial charge in [0.1, 0.15) is 5.76 Å². The van der Waals surface area contributed by atoms with Gasteiger partial charge in [0.25, 0.3) is 0 Å². The van der Waals surface area contributed by atoms with Crippen molar-refractivity contribution in [2.24, 2.45) is 11.1 Å². The minimum absolute atomic E-state index is 0.132. The number of allylic oxidation sites excluding steroid dienone is 1. The van der Waals surface area contributed by atoms with Gasteiger partial charge in [-0.05, 0) is 13.3 Å². The molecule has 1 atom stereocenters. The number of nitrogens with zero attached hydrogens (tertiary/aromatic N) is 1. The fourth-order valence-corrected chi connectivity index (χ4v) is 1.87. The molecule has 13 heavy (non-hydrogen) atoms. The van der Waals surface area contributed by atoms with Crippen LogP contribution in [0.4, 0.5) is 0 Å². The predicted octanol–water partition coefficient (Wildman–Crippen LogP) is 1.45. The molecule has 70 valence electrons. The minimum Gasteiger partial charge on any atom is -0.443 e. The molecule has 0 saturated carbocycles. The third-order valence-electron chi connectivity index (χ3n) is 2.54. The van der Waals surface area contributed by atoms with Crippen LogP contribution in [0.1, 0.15) is 26.2 Å². The Labute approximate surface area is 75.9 Å². The zero-order chi connectivity index (χ0) is 9.42. The SMILES string of the molecule is C[C@H]1C2=C(CCCC2=O)O/C1=N/O. The fraction of sp³-hybridized carbons (Fsp3) is 0.556. The molecule has 4 nitrogen and oxygen atoms in total. The molecule has 1 aliphatic carbocycles. The van der Waals surface area contributed by atoms with E-state index in [0.29, 0.717) is 17.8 Å². The lowest BCUT2D eigenvalue weighted by molar-refractivity contribution is -0.116. The van der Waals surface area contributed by atoms with Crippen molar-refractivity contribution in [3.8, 4) is 0 Å². The van der Waals surface area contributed by atoms with E-state index in [0.717, 1.165) is 12.8 Å². The van der Waals surface area contributed by atoms with E-state index in [1.807, 2.05) is 6.92 Å². The number of hydrogen-bond acceptors (Lipinski definition) is 4. The number of ether oxygens (including phenoxy) is 1. The molecule has 0 bridgehead atoms. The van der Waals surface area contributed by atoms with Gasteiger partial charge in [-0.3, -0.25) is 4.79 Å². The fourth-order valence-electron chi connectivity index (χ4n) is 1.87. The summed E-state index contributed by atoms with van der Waals surface area (Å²) in [6.45, 7) is 1.82. The molecule has 4 heteroatoms. The maximum Gasteiger partial charge on any atom is 0.238 e. The topological polar surface area (TPSA) is 58.9 Å². The maximum atomic E-state index is 11.5. The van der Waals surface area contributed by atoms with Crippen molar-refractivity contribution >= 4 is 11.7 Å². The van der Waals surface area contributed by atoms with Gasteiger partial charge >= 0.3 is 0 Å². The molecule has 2 rings (SSSR count). The van der Waals surface area contributed by atoms with Crippen LogP contribution in [0, 0.1) is 5.92 Å². The summed E-state index contributed by atoms with van der Waals surface area (Å²) >= 11 is 0. The molecule has 0 aromatic heterocycles. The molecular weight excluding hydrogens is 170 g/mol. The number of Topliss-reactive ketones (excluding diaryl/α,β-unsaturated/α-hetero) is 1. The van der Waals surface area contributed by atoms with Gasteiger partial charge in [-0.25, -0.2) is 0 Å². The molecule has 0 aromatic carbocycles. The molecule has 0 spiro atoms. The minimum atomic E-state index is -0.173. The lowest BCUT2D eigenvalue weighted by atomic mass is 9.90. The summed E-state index contributed by atoms with van der Waals surface area (Å²) in [7, 11) is 0. The molecule has 0 amide bonds. The van der Waals surface area contributed by atoms with E-state index in [-0.39, 0.29) is 17.6 Å². The Morgan fingerprint density at radius 3 is 2.92 bits per heavy atom. The van der Waals surface area contributed by atoms with E-state index in [1.165, 1.54) is 0 Å². The highest BCUT2D eigenvalue weighted by Crippen LogP contribution is 2.35. The molecule has 0 radical (unpaired) electrons. The Kier molecular flexibility index (Phi) is 1.83. The van der Waals surface area contributed by atoms with Crippen LogP contribution in [0.5, 0.6) is 0 Å². The number of carbonyl (C=O) groups is 1. The van der Waals surface area contributed by atoms with E-state index in [1.54, 1.807) is 0 Å². The zero-order valence-electron chi connectivity index (χ0n) is 7.41. The van der Waals surface area contributed by atoms with E-state index in [9.17, 15) is 4.79 Å². The summed E-state index contributed by atoms with van der Waals surface area (Å²) < 4.78 is 5.26. The molecule has 0 fully saturated rings. The van der Waals surface area contributed by atoms with Gasteiger partial charge < -0.3 is 9.94 Å². The Balaban J connectivity index is 2.37. The summed E-state index contributed by atoms with van der Waals surface area (Å²) in [5.74, 6) is 0.914. The number of rotatable bonds is 0. The first-order chi connectivity index (χ1) is 6.24. The van der Waals surface area contributed by atoms with E-state index in [2.05, 4.69) is 5.16 Å². The van der Waals surface area contributed by atoms with Crippen molar-refractivity contribution in [3.63, 3.8) is 0 Å². The molecule has 1 N–H and O–H groups in total. The number of hydrogen-bond donors (Lipinski definition) is 1. The molecule has 2 aliphatic rings. The summed E-state index contributed by atoms with van der Waals surface area (Å²) in [5.41, 5.74) is 0.707. The summed E-state index contributed by atoms with van der Waals surface area (Å²) in [6, 6.07) is 0. The summed E-state index contributed by atoms with van der Waals surface area (Å²) in [6.07, 6.45) is 2.21. The van der Waals surface area contributed by atoms with Crippen LogP contribution in [0.15, 0.2) is 16.5 Å². The van der Waals surface area contributed by atoms with Gasteiger partial charge in [-0.15, -0.1) is 0 Å². The Hall–Kier alpha value is -1.32. The van der Waals surface area contributed by atoms with Crippen LogP contribution in [0.3, 0.4) is 0 Å². The van der Waals surface area contributed by atoms with Crippen molar-refractivity contribution in [2.75, 3.05) is 0 Å². The number of ketones is 1. The largest absolute Gasteiger partial charge is 0.443 e. The van der Waals surface area contributed by atoms with Crippen LogP contribution in [-0.4, -0.2) is 16.9 Å². The first-order valence-corrected chi connectivity index (χ1v) is 4.40. The normalized spacial score (nSPS) is 30.7. The maximum absolute atomic E-state index is 11.5. The molecule has 1 heterocycles. The van der Waals surface area contributed by atoms with E-state index < -0.39 is 0 Å². The second kappa shape index (κ2) is 2.87. The Bertz CT molecular complexity index is 317. The first-order valence-electron chi connectivity index (χ1n) is 4.40. The molecule has 0 unspecified atom stereocenters. The van der Waals surface area contributed by atoms with Crippen LogP contribution < -0.4 is 0 Å². The molecule has 1 aliphatic heterocycles. The van der Waals surface area contributed by atoms with Crippen molar-refractivity contribution in [1.29, 1.82) is 0 Å². The highest BCUT2D eigenvalue weighted by Gasteiger charge is 2.36. The van der Waals surface area contributed by atoms with Gasteiger partial charge in [0.15, 0.2) is 5.78 Å². The number of oxime groups is 1.